The summed E-state index contributed by atoms with van der Waals surface area (Å²) < 4.78 is 0. The van der Waals surface area contributed by atoms with Crippen molar-refractivity contribution >= 4 is 23.2 Å². The summed E-state index contributed by atoms with van der Waals surface area (Å²) in [6.07, 6.45) is 2.05. The number of hydrogen-bond acceptors (Lipinski definition) is 1. The van der Waals surface area contributed by atoms with Gasteiger partial charge in [-0.2, -0.15) is 0 Å². The summed E-state index contributed by atoms with van der Waals surface area (Å²) in [5, 5.41) is 3.44. The van der Waals surface area contributed by atoms with E-state index in [-0.39, 0.29) is 5.91 Å². The molecule has 0 bridgehead atoms. The topological polar surface area (TPSA) is 29.1 Å². The van der Waals surface area contributed by atoms with Gasteiger partial charge in [-0.05, 0) is 42.5 Å². The van der Waals surface area contributed by atoms with E-state index in [4.69, 9.17) is 11.6 Å². The van der Waals surface area contributed by atoms with E-state index in [0.717, 1.165) is 24.1 Å². The van der Waals surface area contributed by atoms with Crippen molar-refractivity contribution in [2.75, 3.05) is 5.32 Å². The molecule has 0 saturated heterocycles. The van der Waals surface area contributed by atoms with Crippen molar-refractivity contribution < 1.29 is 4.79 Å². The van der Waals surface area contributed by atoms with Crippen LogP contribution in [0.4, 0.5) is 5.69 Å². The van der Waals surface area contributed by atoms with Crippen LogP contribution in [0.2, 0.25) is 5.02 Å². The number of aryl methyl sites for hydroxylation is 1. The molecule has 2 nitrogen and oxygen atoms in total. The van der Waals surface area contributed by atoms with Crippen LogP contribution in [0, 0.1) is 5.92 Å². The van der Waals surface area contributed by atoms with Crippen LogP contribution < -0.4 is 5.32 Å². The average molecular weight is 302 g/mol. The Hall–Kier alpha value is -1.80. The number of carbonyl (C=O) groups excluding carboxylic acids is 1. The van der Waals surface area contributed by atoms with Crippen LogP contribution in [0.15, 0.2) is 48.5 Å². The first-order valence-corrected chi connectivity index (χ1v) is 7.59. The highest BCUT2D eigenvalue weighted by atomic mass is 35.5. The number of amides is 1. The molecule has 21 heavy (non-hydrogen) atoms. The molecule has 0 heterocycles. The molecule has 1 N–H and O–H groups in total. The van der Waals surface area contributed by atoms with Gasteiger partial charge in [0.25, 0.3) is 5.91 Å². The van der Waals surface area contributed by atoms with Crippen molar-refractivity contribution in [1.29, 1.82) is 0 Å². The summed E-state index contributed by atoms with van der Waals surface area (Å²) >= 11 is 6.07. The van der Waals surface area contributed by atoms with Gasteiger partial charge >= 0.3 is 0 Å². The third-order valence-electron chi connectivity index (χ3n) is 3.38. The number of hydrogen-bond donors (Lipinski definition) is 1. The summed E-state index contributed by atoms with van der Waals surface area (Å²) in [5.74, 6) is 0.468. The van der Waals surface area contributed by atoms with Gasteiger partial charge in [-0.15, -0.1) is 0 Å². The van der Waals surface area contributed by atoms with Crippen molar-refractivity contribution in [3.63, 3.8) is 0 Å². The third kappa shape index (κ3) is 4.33. The Morgan fingerprint density at radius 2 is 1.76 bits per heavy atom. The number of benzene rings is 2. The first-order valence-electron chi connectivity index (χ1n) is 7.21. The van der Waals surface area contributed by atoms with Crippen molar-refractivity contribution in [2.45, 2.75) is 26.7 Å². The lowest BCUT2D eigenvalue weighted by molar-refractivity contribution is 0.102. The fourth-order valence-corrected chi connectivity index (χ4v) is 2.36. The molecule has 0 atom stereocenters. The zero-order valence-electron chi connectivity index (χ0n) is 12.4. The molecule has 0 fully saturated rings. The van der Waals surface area contributed by atoms with E-state index in [9.17, 15) is 4.79 Å². The summed E-state index contributed by atoms with van der Waals surface area (Å²) in [5.41, 5.74) is 2.52. The van der Waals surface area contributed by atoms with Gasteiger partial charge in [0, 0.05) is 5.69 Å². The molecule has 2 aromatic rings. The quantitative estimate of drug-likeness (QED) is 0.810. The number of halogens is 1. The number of carbonyl (C=O) groups is 1. The number of anilines is 1. The highest BCUT2D eigenvalue weighted by molar-refractivity contribution is 6.34. The number of rotatable bonds is 5. The molecule has 2 rings (SSSR count). The van der Waals surface area contributed by atoms with E-state index >= 15 is 0 Å². The fourth-order valence-electron chi connectivity index (χ4n) is 2.14. The highest BCUT2D eigenvalue weighted by Gasteiger charge is 2.11. The summed E-state index contributed by atoms with van der Waals surface area (Å²) in [6.45, 7) is 4.40. The van der Waals surface area contributed by atoms with E-state index in [1.807, 2.05) is 30.3 Å². The molecular formula is C18H20ClNO. The molecule has 2 aromatic carbocycles. The molecule has 0 aromatic heterocycles. The van der Waals surface area contributed by atoms with Crippen LogP contribution in [0.1, 0.15) is 36.2 Å². The van der Waals surface area contributed by atoms with Gasteiger partial charge in [0.05, 0.1) is 10.6 Å². The summed E-state index contributed by atoms with van der Waals surface area (Å²) in [7, 11) is 0. The molecule has 0 saturated carbocycles. The van der Waals surface area contributed by atoms with Gasteiger partial charge in [0.1, 0.15) is 0 Å². The SMILES string of the molecule is CC(C)CCc1ccccc1NC(=O)c1ccccc1Cl. The molecule has 0 aliphatic heterocycles. The van der Waals surface area contributed by atoms with E-state index < -0.39 is 0 Å². The number of nitrogens with one attached hydrogen (secondary N) is 1. The second kappa shape index (κ2) is 7.28. The van der Waals surface area contributed by atoms with Crippen molar-refractivity contribution in [3.8, 4) is 0 Å². The average Bonchev–Trinajstić information content (AvgIpc) is 2.46. The van der Waals surface area contributed by atoms with E-state index in [1.54, 1.807) is 12.1 Å². The Morgan fingerprint density at radius 1 is 1.10 bits per heavy atom. The van der Waals surface area contributed by atoms with E-state index in [1.165, 1.54) is 0 Å². The monoisotopic (exact) mass is 301 g/mol. The molecule has 0 aliphatic rings. The van der Waals surface area contributed by atoms with Gasteiger partial charge in [0.2, 0.25) is 0 Å². The second-order valence-corrected chi connectivity index (χ2v) is 5.93. The largest absolute Gasteiger partial charge is 0.322 e. The van der Waals surface area contributed by atoms with Crippen molar-refractivity contribution in [3.05, 3.63) is 64.7 Å². The molecule has 1 amide bonds. The first kappa shape index (κ1) is 15.6. The maximum atomic E-state index is 12.3. The van der Waals surface area contributed by atoms with Crippen LogP contribution in [0.25, 0.3) is 0 Å². The molecule has 0 aliphatic carbocycles. The minimum absolute atomic E-state index is 0.169. The molecular weight excluding hydrogens is 282 g/mol. The lowest BCUT2D eigenvalue weighted by Crippen LogP contribution is -2.14. The zero-order chi connectivity index (χ0) is 15.2. The standard InChI is InChI=1S/C18H20ClNO/c1-13(2)11-12-14-7-3-6-10-17(14)20-18(21)15-8-4-5-9-16(15)19/h3-10,13H,11-12H2,1-2H3,(H,20,21). The maximum absolute atomic E-state index is 12.3. The first-order chi connectivity index (χ1) is 10.1. The van der Waals surface area contributed by atoms with Gasteiger partial charge in [-0.25, -0.2) is 0 Å². The zero-order valence-corrected chi connectivity index (χ0v) is 13.2. The lowest BCUT2D eigenvalue weighted by Gasteiger charge is -2.12. The van der Waals surface area contributed by atoms with Gasteiger partial charge in [-0.1, -0.05) is 55.8 Å². The summed E-state index contributed by atoms with van der Waals surface area (Å²) in [6, 6.07) is 15.0. The molecule has 0 unspecified atom stereocenters. The minimum Gasteiger partial charge on any atom is -0.322 e. The Labute approximate surface area is 131 Å². The fraction of sp³-hybridized carbons (Fsp3) is 0.278. The predicted octanol–water partition coefficient (Wildman–Crippen LogP) is 5.18. The smallest absolute Gasteiger partial charge is 0.257 e. The maximum Gasteiger partial charge on any atom is 0.257 e. The van der Waals surface area contributed by atoms with Crippen LogP contribution in [-0.2, 0) is 6.42 Å². The van der Waals surface area contributed by atoms with Gasteiger partial charge < -0.3 is 5.32 Å². The Balaban J connectivity index is 2.16. The Bertz CT molecular complexity index is 622. The van der Waals surface area contributed by atoms with E-state index in [0.29, 0.717) is 16.5 Å². The molecule has 110 valence electrons. The second-order valence-electron chi connectivity index (χ2n) is 5.52. The minimum atomic E-state index is -0.169. The predicted molar refractivity (Wildman–Crippen MR) is 89.0 cm³/mol. The van der Waals surface area contributed by atoms with Gasteiger partial charge in [-0.3, -0.25) is 4.79 Å². The van der Waals surface area contributed by atoms with Crippen molar-refractivity contribution in [1.82, 2.24) is 0 Å². The lowest BCUT2D eigenvalue weighted by atomic mass is 10.0. The van der Waals surface area contributed by atoms with E-state index in [2.05, 4.69) is 25.2 Å². The molecule has 0 radical (unpaired) electrons. The molecule has 0 spiro atoms. The normalized spacial score (nSPS) is 10.7. The third-order valence-corrected chi connectivity index (χ3v) is 3.70. The summed E-state index contributed by atoms with van der Waals surface area (Å²) in [4.78, 5) is 12.3. The molecule has 3 heteroatoms. The van der Waals surface area contributed by atoms with Crippen molar-refractivity contribution in [2.24, 2.45) is 5.92 Å². The van der Waals surface area contributed by atoms with Gasteiger partial charge in [0.15, 0.2) is 0 Å². The highest BCUT2D eigenvalue weighted by Crippen LogP contribution is 2.21. The van der Waals surface area contributed by atoms with Crippen LogP contribution in [0.5, 0.6) is 0 Å². The van der Waals surface area contributed by atoms with Crippen LogP contribution in [-0.4, -0.2) is 5.91 Å². The van der Waals surface area contributed by atoms with Crippen LogP contribution >= 0.6 is 11.6 Å². The Morgan fingerprint density at radius 3 is 2.48 bits per heavy atom. The van der Waals surface area contributed by atoms with Crippen LogP contribution in [0.3, 0.4) is 0 Å². The Kier molecular flexibility index (Phi) is 5.40. The number of para-hydroxylation sites is 1.